The van der Waals surface area contributed by atoms with Gasteiger partial charge in [0.2, 0.25) is 5.91 Å². The number of amides is 2. The van der Waals surface area contributed by atoms with Crippen LogP contribution in [0.4, 0.5) is 11.5 Å². The van der Waals surface area contributed by atoms with E-state index >= 15 is 0 Å². The van der Waals surface area contributed by atoms with E-state index in [1.807, 2.05) is 29.8 Å². The molecule has 0 unspecified atom stereocenters. The quantitative estimate of drug-likeness (QED) is 0.147. The van der Waals surface area contributed by atoms with Gasteiger partial charge in [-0.05, 0) is 54.6 Å². The fraction of sp³-hybridized carbons (Fsp3) is 0.250. The predicted octanol–water partition coefficient (Wildman–Crippen LogP) is 2.61. The molecule has 11 nitrogen and oxygen atoms in total. The highest BCUT2D eigenvalue weighted by atomic mass is 16.2. The molecule has 0 saturated heterocycles. The number of pyridine rings is 1. The van der Waals surface area contributed by atoms with E-state index in [-0.39, 0.29) is 38.0 Å². The Kier molecular flexibility index (Phi) is 9.71. The number of benzene rings is 2. The van der Waals surface area contributed by atoms with Crippen LogP contribution in [0, 0.1) is 5.41 Å². The Morgan fingerprint density at radius 1 is 1.08 bits per heavy atom. The molecule has 204 valence electrons. The Morgan fingerprint density at radius 2 is 1.82 bits per heavy atom. The first-order chi connectivity index (χ1) is 18.4. The average molecular weight is 530 g/mol. The zero-order valence-corrected chi connectivity index (χ0v) is 21.1. The van der Waals surface area contributed by atoms with Gasteiger partial charge in [-0.2, -0.15) is 0 Å². The van der Waals surface area contributed by atoms with Crippen LogP contribution >= 0.6 is 0 Å². The number of nitrogen functional groups attached to an aromatic ring is 1. The largest absolute Gasteiger partial charge is 0.384 e. The van der Waals surface area contributed by atoms with Gasteiger partial charge in [-0.1, -0.05) is 13.5 Å². The lowest BCUT2D eigenvalue weighted by molar-refractivity contribution is -0.120. The van der Waals surface area contributed by atoms with Crippen molar-refractivity contribution in [2.45, 2.75) is 20.4 Å². The monoisotopic (exact) mass is 529 g/mol. The molecule has 7 N–H and O–H groups in total. The lowest BCUT2D eigenvalue weighted by Crippen LogP contribution is -2.37. The highest BCUT2D eigenvalue weighted by molar-refractivity contribution is 6.07. The van der Waals surface area contributed by atoms with E-state index in [1.165, 1.54) is 4.90 Å². The van der Waals surface area contributed by atoms with Crippen LogP contribution in [0.15, 0.2) is 66.9 Å². The Hall–Kier alpha value is -4.77. The first kappa shape index (κ1) is 28.8. The number of aromatic nitrogens is 3. The molecule has 2 aromatic heterocycles. The summed E-state index contributed by atoms with van der Waals surface area (Å²) in [6.45, 7) is 1.37. The standard InChI is InChI=1S/C27H31N9O2.CH4/c1-35-22-10-7-19(16-21(22)34-24(35)17-33-20-8-5-18(6-9-20)26(29)30)27(38)36(23-4-2-3-13-31-23)15-11-25(37)32-14-12-28;/h2-10,13,16,33H,11-12,14-15,17,28H2,1H3,(H3,29,30)(H,32,37);1H4. The first-order valence-corrected chi connectivity index (χ1v) is 12.2. The first-order valence-electron chi connectivity index (χ1n) is 12.2. The SMILES string of the molecule is C.Cn1c(CNc2ccc(C(=N)N)cc2)nc2cc(C(=O)N(CCC(=O)NCCN)c3ccccn3)ccc21. The third-order valence-electron chi connectivity index (χ3n) is 6.07. The van der Waals surface area contributed by atoms with Gasteiger partial charge in [0, 0.05) is 56.1 Å². The molecule has 0 bridgehead atoms. The number of hydrogen-bond acceptors (Lipinski definition) is 7. The van der Waals surface area contributed by atoms with Gasteiger partial charge in [0.15, 0.2) is 0 Å². The molecule has 0 fully saturated rings. The average Bonchev–Trinajstić information content (AvgIpc) is 3.26. The van der Waals surface area contributed by atoms with Gasteiger partial charge in [-0.25, -0.2) is 9.97 Å². The Balaban J connectivity index is 0.00000420. The summed E-state index contributed by atoms with van der Waals surface area (Å²) in [4.78, 5) is 36.3. The van der Waals surface area contributed by atoms with Crippen LogP contribution in [0.3, 0.4) is 0 Å². The Bertz CT molecular complexity index is 1430. The third-order valence-corrected chi connectivity index (χ3v) is 6.07. The van der Waals surface area contributed by atoms with Crippen LogP contribution in [-0.2, 0) is 18.4 Å². The lowest BCUT2D eigenvalue weighted by atomic mass is 10.1. The molecule has 2 aromatic carbocycles. The number of nitrogens with one attached hydrogen (secondary N) is 3. The summed E-state index contributed by atoms with van der Waals surface area (Å²) in [6, 6.07) is 18.0. The summed E-state index contributed by atoms with van der Waals surface area (Å²) in [5.41, 5.74) is 14.5. The summed E-state index contributed by atoms with van der Waals surface area (Å²) in [5, 5.41) is 13.6. The molecule has 4 aromatic rings. The van der Waals surface area contributed by atoms with Crippen molar-refractivity contribution in [3.63, 3.8) is 0 Å². The Labute approximate surface area is 227 Å². The van der Waals surface area contributed by atoms with Crippen LogP contribution in [0.25, 0.3) is 11.0 Å². The summed E-state index contributed by atoms with van der Waals surface area (Å²) >= 11 is 0. The number of amidine groups is 1. The van der Waals surface area contributed by atoms with E-state index < -0.39 is 0 Å². The van der Waals surface area contributed by atoms with E-state index in [9.17, 15) is 9.59 Å². The van der Waals surface area contributed by atoms with Gasteiger partial charge in [-0.3, -0.25) is 19.9 Å². The van der Waals surface area contributed by atoms with Gasteiger partial charge in [0.1, 0.15) is 17.5 Å². The highest BCUT2D eigenvalue weighted by Crippen LogP contribution is 2.21. The number of hydrogen-bond donors (Lipinski definition) is 5. The van der Waals surface area contributed by atoms with Crippen molar-refractivity contribution in [3.05, 3.63) is 83.8 Å². The van der Waals surface area contributed by atoms with Crippen molar-refractivity contribution in [2.75, 3.05) is 29.9 Å². The van der Waals surface area contributed by atoms with E-state index in [0.29, 0.717) is 42.1 Å². The smallest absolute Gasteiger partial charge is 0.259 e. The molecule has 39 heavy (non-hydrogen) atoms. The number of anilines is 2. The van der Waals surface area contributed by atoms with Crippen molar-refractivity contribution in [1.29, 1.82) is 5.41 Å². The summed E-state index contributed by atoms with van der Waals surface area (Å²) in [7, 11) is 1.92. The fourth-order valence-corrected chi connectivity index (χ4v) is 3.99. The van der Waals surface area contributed by atoms with Crippen molar-refractivity contribution < 1.29 is 9.59 Å². The summed E-state index contributed by atoms with van der Waals surface area (Å²) in [6.07, 6.45) is 1.73. The molecule has 2 heterocycles. The second-order valence-electron chi connectivity index (χ2n) is 8.67. The van der Waals surface area contributed by atoms with Crippen LogP contribution in [0.2, 0.25) is 0 Å². The van der Waals surface area contributed by atoms with Crippen LogP contribution in [0.1, 0.15) is 35.6 Å². The molecule has 11 heteroatoms. The molecule has 0 aliphatic heterocycles. The van der Waals surface area contributed by atoms with Crippen molar-refractivity contribution >= 4 is 40.2 Å². The molecule has 0 atom stereocenters. The number of aryl methyl sites for hydroxylation is 1. The molecule has 0 spiro atoms. The maximum atomic E-state index is 13.6. The molecular formula is C28H35N9O2. The molecular weight excluding hydrogens is 494 g/mol. The number of carbonyl (C=O) groups excluding carboxylic acids is 2. The maximum absolute atomic E-state index is 13.6. The normalized spacial score (nSPS) is 10.5. The Morgan fingerprint density at radius 3 is 2.49 bits per heavy atom. The van der Waals surface area contributed by atoms with Gasteiger partial charge in [0.25, 0.3) is 5.91 Å². The second-order valence-corrected chi connectivity index (χ2v) is 8.67. The summed E-state index contributed by atoms with van der Waals surface area (Å²) in [5.74, 6) is 0.823. The molecule has 0 aliphatic carbocycles. The van der Waals surface area contributed by atoms with Crippen molar-refractivity contribution in [3.8, 4) is 0 Å². The van der Waals surface area contributed by atoms with Gasteiger partial charge in [0.05, 0.1) is 17.6 Å². The molecule has 0 aliphatic rings. The number of rotatable bonds is 11. The van der Waals surface area contributed by atoms with E-state index in [0.717, 1.165) is 17.0 Å². The van der Waals surface area contributed by atoms with Crippen molar-refractivity contribution in [2.24, 2.45) is 18.5 Å². The number of imidazole rings is 1. The van der Waals surface area contributed by atoms with Crippen molar-refractivity contribution in [1.82, 2.24) is 19.9 Å². The van der Waals surface area contributed by atoms with Gasteiger partial charge < -0.3 is 26.7 Å². The summed E-state index contributed by atoms with van der Waals surface area (Å²) < 4.78 is 1.97. The van der Waals surface area contributed by atoms with E-state index in [1.54, 1.807) is 48.7 Å². The number of nitrogens with two attached hydrogens (primary N) is 2. The van der Waals surface area contributed by atoms with Gasteiger partial charge >= 0.3 is 0 Å². The molecule has 0 saturated carbocycles. The van der Waals surface area contributed by atoms with E-state index in [2.05, 4.69) is 15.6 Å². The topological polar surface area (TPSA) is 168 Å². The van der Waals surface area contributed by atoms with E-state index in [4.69, 9.17) is 21.9 Å². The zero-order chi connectivity index (χ0) is 27.1. The van der Waals surface area contributed by atoms with Gasteiger partial charge in [-0.15, -0.1) is 0 Å². The lowest BCUT2D eigenvalue weighted by Gasteiger charge is -2.21. The predicted molar refractivity (Wildman–Crippen MR) is 155 cm³/mol. The fourth-order valence-electron chi connectivity index (χ4n) is 3.99. The molecule has 2 amide bonds. The molecule has 0 radical (unpaired) electrons. The highest BCUT2D eigenvalue weighted by Gasteiger charge is 2.21. The minimum absolute atomic E-state index is 0. The third kappa shape index (κ3) is 6.96. The second kappa shape index (κ2) is 13.2. The number of carbonyl (C=O) groups is 2. The number of nitrogens with zero attached hydrogens (tertiary/aromatic N) is 4. The van der Waals surface area contributed by atoms with Crippen LogP contribution in [-0.4, -0.2) is 51.8 Å². The minimum atomic E-state index is -0.270. The van der Waals surface area contributed by atoms with Crippen LogP contribution in [0.5, 0.6) is 0 Å². The van der Waals surface area contributed by atoms with Crippen LogP contribution < -0.4 is 27.0 Å². The zero-order valence-electron chi connectivity index (χ0n) is 21.1. The number of fused-ring (bicyclic) bond motifs is 1. The molecule has 4 rings (SSSR count). The maximum Gasteiger partial charge on any atom is 0.259 e. The minimum Gasteiger partial charge on any atom is -0.384 e.